The molecule has 104 valence electrons. The number of ether oxygens (including phenoxy) is 1. The van der Waals surface area contributed by atoms with Crippen LogP contribution in [-0.4, -0.2) is 16.6 Å². The summed E-state index contributed by atoms with van der Waals surface area (Å²) in [6.45, 7) is 4.59. The maximum atomic E-state index is 5.85. The highest BCUT2D eigenvalue weighted by molar-refractivity contribution is 7.22. The molecule has 0 aliphatic carbocycles. The van der Waals surface area contributed by atoms with E-state index in [-0.39, 0.29) is 6.04 Å². The maximum Gasteiger partial charge on any atom is 0.143 e. The van der Waals surface area contributed by atoms with Gasteiger partial charge in [0.05, 0.1) is 22.9 Å². The topological polar surface area (TPSA) is 61.0 Å². The van der Waals surface area contributed by atoms with Gasteiger partial charge >= 0.3 is 0 Å². The molecule has 3 aromatic rings. The first kappa shape index (κ1) is 13.5. The minimum Gasteiger partial charge on any atom is -0.494 e. The Bertz CT molecular complexity index is 733. The summed E-state index contributed by atoms with van der Waals surface area (Å²) in [6.07, 6.45) is 0. The maximum absolute atomic E-state index is 5.85. The number of hydrogen-bond donors (Lipinski definition) is 1. The van der Waals surface area contributed by atoms with E-state index in [0.29, 0.717) is 6.61 Å². The normalized spacial score (nSPS) is 12.8. The molecule has 4 nitrogen and oxygen atoms in total. The minimum atomic E-state index is -0.0346. The number of fused-ring (bicyclic) bond motifs is 1. The summed E-state index contributed by atoms with van der Waals surface area (Å²) in [6, 6.07) is 5.93. The SMILES string of the molecule is CCOc1ccc2nc(-c3csc(C(C)N)n3)sc2c1. The number of nitrogens with two attached hydrogens (primary N) is 1. The number of aromatic nitrogens is 2. The Labute approximate surface area is 125 Å². The summed E-state index contributed by atoms with van der Waals surface area (Å²) < 4.78 is 6.63. The van der Waals surface area contributed by atoms with E-state index in [9.17, 15) is 0 Å². The van der Waals surface area contributed by atoms with E-state index >= 15 is 0 Å². The van der Waals surface area contributed by atoms with Crippen LogP contribution < -0.4 is 10.5 Å². The Balaban J connectivity index is 1.99. The Morgan fingerprint density at radius 1 is 1.35 bits per heavy atom. The standard InChI is InChI=1S/C14H15N3OS2/c1-3-18-9-4-5-10-12(6-9)20-14(16-10)11-7-19-13(17-11)8(2)15/h4-8H,3,15H2,1-2H3. The van der Waals surface area contributed by atoms with Crippen LogP contribution in [0.1, 0.15) is 24.9 Å². The predicted molar refractivity (Wildman–Crippen MR) is 84.5 cm³/mol. The van der Waals surface area contributed by atoms with Crippen molar-refractivity contribution in [2.45, 2.75) is 19.9 Å². The highest BCUT2D eigenvalue weighted by Crippen LogP contribution is 2.33. The third-order valence-corrected chi connectivity index (χ3v) is 4.89. The van der Waals surface area contributed by atoms with Gasteiger partial charge in [0.25, 0.3) is 0 Å². The molecule has 6 heteroatoms. The molecule has 2 N–H and O–H groups in total. The van der Waals surface area contributed by atoms with Gasteiger partial charge < -0.3 is 10.5 Å². The van der Waals surface area contributed by atoms with Crippen LogP contribution in [0.2, 0.25) is 0 Å². The molecule has 3 rings (SSSR count). The van der Waals surface area contributed by atoms with Gasteiger partial charge in [-0.2, -0.15) is 0 Å². The second kappa shape index (κ2) is 5.47. The van der Waals surface area contributed by atoms with Crippen LogP contribution in [0.4, 0.5) is 0 Å². The van der Waals surface area contributed by atoms with Crippen molar-refractivity contribution in [3.63, 3.8) is 0 Å². The van der Waals surface area contributed by atoms with E-state index in [1.54, 1.807) is 22.7 Å². The van der Waals surface area contributed by atoms with Crippen molar-refractivity contribution in [2.75, 3.05) is 6.61 Å². The quantitative estimate of drug-likeness (QED) is 0.795. The average Bonchev–Trinajstić information content (AvgIpc) is 3.05. The zero-order valence-corrected chi connectivity index (χ0v) is 12.9. The summed E-state index contributed by atoms with van der Waals surface area (Å²) >= 11 is 3.21. The molecule has 0 spiro atoms. The smallest absolute Gasteiger partial charge is 0.143 e. The fourth-order valence-corrected chi connectivity index (χ4v) is 3.66. The van der Waals surface area contributed by atoms with E-state index in [1.807, 2.05) is 37.4 Å². The molecule has 1 atom stereocenters. The third kappa shape index (κ3) is 2.54. The molecule has 1 aromatic carbocycles. The van der Waals surface area contributed by atoms with E-state index in [0.717, 1.165) is 31.7 Å². The van der Waals surface area contributed by atoms with Gasteiger partial charge in [0.15, 0.2) is 0 Å². The van der Waals surface area contributed by atoms with E-state index in [4.69, 9.17) is 10.5 Å². The number of rotatable bonds is 4. The highest BCUT2D eigenvalue weighted by Gasteiger charge is 2.12. The van der Waals surface area contributed by atoms with Gasteiger partial charge in [-0.1, -0.05) is 0 Å². The zero-order chi connectivity index (χ0) is 14.1. The molecule has 0 fully saturated rings. The lowest BCUT2D eigenvalue weighted by Crippen LogP contribution is -2.03. The van der Waals surface area contributed by atoms with Gasteiger partial charge in [-0.15, -0.1) is 22.7 Å². The van der Waals surface area contributed by atoms with Crippen LogP contribution >= 0.6 is 22.7 Å². The molecule has 0 bridgehead atoms. The van der Waals surface area contributed by atoms with Crippen LogP contribution in [0.3, 0.4) is 0 Å². The van der Waals surface area contributed by atoms with Gasteiger partial charge in [-0.05, 0) is 32.0 Å². The van der Waals surface area contributed by atoms with E-state index < -0.39 is 0 Å². The van der Waals surface area contributed by atoms with Crippen LogP contribution in [0, 0.1) is 0 Å². The molecular formula is C14H15N3OS2. The Morgan fingerprint density at radius 2 is 2.20 bits per heavy atom. The predicted octanol–water partition coefficient (Wildman–Crippen LogP) is 3.84. The molecule has 0 saturated heterocycles. The number of hydrogen-bond acceptors (Lipinski definition) is 6. The molecule has 0 aliphatic heterocycles. The first-order valence-corrected chi connectivity index (χ1v) is 8.11. The van der Waals surface area contributed by atoms with Gasteiger partial charge in [0.1, 0.15) is 21.5 Å². The van der Waals surface area contributed by atoms with Crippen LogP contribution in [0.15, 0.2) is 23.6 Å². The third-order valence-electron chi connectivity index (χ3n) is 2.80. The molecule has 0 radical (unpaired) electrons. The summed E-state index contributed by atoms with van der Waals surface area (Å²) in [5, 5.41) is 3.88. The largest absolute Gasteiger partial charge is 0.494 e. The first-order valence-electron chi connectivity index (χ1n) is 6.42. The van der Waals surface area contributed by atoms with Crippen molar-refractivity contribution >= 4 is 32.9 Å². The fourth-order valence-electron chi connectivity index (χ4n) is 1.87. The lowest BCUT2D eigenvalue weighted by molar-refractivity contribution is 0.341. The van der Waals surface area contributed by atoms with E-state index in [1.165, 1.54) is 0 Å². The van der Waals surface area contributed by atoms with Gasteiger partial charge in [-0.3, -0.25) is 0 Å². The molecule has 0 amide bonds. The molecule has 2 heterocycles. The second-order valence-corrected chi connectivity index (χ2v) is 6.36. The van der Waals surface area contributed by atoms with E-state index in [2.05, 4.69) is 9.97 Å². The van der Waals surface area contributed by atoms with Crippen LogP contribution in [-0.2, 0) is 0 Å². The second-order valence-electron chi connectivity index (χ2n) is 4.44. The highest BCUT2D eigenvalue weighted by atomic mass is 32.1. The van der Waals surface area contributed by atoms with Gasteiger partial charge in [0, 0.05) is 5.38 Å². The lowest BCUT2D eigenvalue weighted by atomic mass is 10.3. The average molecular weight is 305 g/mol. The molecule has 2 aromatic heterocycles. The molecular weight excluding hydrogens is 290 g/mol. The van der Waals surface area contributed by atoms with Crippen LogP contribution in [0.25, 0.3) is 20.9 Å². The van der Waals surface area contributed by atoms with Crippen molar-refractivity contribution in [3.8, 4) is 16.5 Å². The van der Waals surface area contributed by atoms with Crippen molar-refractivity contribution in [1.82, 2.24) is 9.97 Å². The lowest BCUT2D eigenvalue weighted by Gasteiger charge is -2.00. The number of thiazole rings is 2. The monoisotopic (exact) mass is 305 g/mol. The number of nitrogens with zero attached hydrogens (tertiary/aromatic N) is 2. The Hall–Kier alpha value is -1.50. The molecule has 20 heavy (non-hydrogen) atoms. The van der Waals surface area contributed by atoms with Gasteiger partial charge in [-0.25, -0.2) is 9.97 Å². The molecule has 0 aliphatic rings. The fraction of sp³-hybridized carbons (Fsp3) is 0.286. The Kier molecular flexibility index (Phi) is 3.69. The molecule has 0 saturated carbocycles. The molecule has 1 unspecified atom stereocenters. The number of benzene rings is 1. The van der Waals surface area contributed by atoms with Gasteiger partial charge in [0.2, 0.25) is 0 Å². The van der Waals surface area contributed by atoms with Crippen molar-refractivity contribution in [2.24, 2.45) is 5.73 Å². The zero-order valence-electron chi connectivity index (χ0n) is 11.3. The van der Waals surface area contributed by atoms with Crippen LogP contribution in [0.5, 0.6) is 5.75 Å². The summed E-state index contributed by atoms with van der Waals surface area (Å²) in [5.74, 6) is 0.879. The van der Waals surface area contributed by atoms with Crippen molar-refractivity contribution in [1.29, 1.82) is 0 Å². The summed E-state index contributed by atoms with van der Waals surface area (Å²) in [7, 11) is 0. The minimum absolute atomic E-state index is 0.0346. The summed E-state index contributed by atoms with van der Waals surface area (Å²) in [4.78, 5) is 9.17. The Morgan fingerprint density at radius 3 is 2.90 bits per heavy atom. The first-order chi connectivity index (χ1) is 9.67. The van der Waals surface area contributed by atoms with Crippen molar-refractivity contribution < 1.29 is 4.74 Å². The van der Waals surface area contributed by atoms with Crippen molar-refractivity contribution in [3.05, 3.63) is 28.6 Å². The summed E-state index contributed by atoms with van der Waals surface area (Å²) in [5.41, 5.74) is 7.73.